The van der Waals surface area contributed by atoms with E-state index in [-0.39, 0.29) is 11.9 Å². The molecular weight excluding hydrogens is 196 g/mol. The van der Waals surface area contributed by atoms with Crippen LogP contribution < -0.4 is 0 Å². The molecule has 0 aliphatic rings. The lowest BCUT2D eigenvalue weighted by Gasteiger charge is -2.17. The van der Waals surface area contributed by atoms with Crippen LogP contribution in [0.1, 0.15) is 7.43 Å². The van der Waals surface area contributed by atoms with Crippen LogP contribution in [0.3, 0.4) is 0 Å². The zero-order valence-corrected chi connectivity index (χ0v) is 6.74. The molecule has 0 aromatic heterocycles. The van der Waals surface area contributed by atoms with E-state index >= 15 is 0 Å². The Hall–Kier alpha value is 0.260. The Morgan fingerprint density at radius 2 is 1.18 bits per heavy atom. The number of nitrogens with zero attached hydrogens (tertiary/aromatic N) is 1. The minimum absolute atomic E-state index is 0. The Kier molecular flexibility index (Phi) is 4.75. The predicted molar refractivity (Wildman–Crippen MR) is 38.6 cm³/mol. The van der Waals surface area contributed by atoms with Crippen molar-refractivity contribution in [3.8, 4) is 0 Å². The van der Waals surface area contributed by atoms with E-state index in [1.165, 1.54) is 0 Å². The monoisotopic (exact) mass is 207 g/mol. The van der Waals surface area contributed by atoms with E-state index in [1.807, 2.05) is 0 Å². The molecule has 0 unspecified atom stereocenters. The fourth-order valence-corrected chi connectivity index (χ4v) is 1.37. The van der Waals surface area contributed by atoms with Crippen LogP contribution in [-0.2, 0) is 9.13 Å². The molecule has 0 radical (unpaired) electrons. The molecule has 11 heavy (non-hydrogen) atoms. The largest absolute Gasteiger partial charge is 0.412 e. The summed E-state index contributed by atoms with van der Waals surface area (Å²) in [6.07, 6.45) is 0. The average Bonchev–Trinajstić information content (AvgIpc) is 1.59. The van der Waals surface area contributed by atoms with Crippen molar-refractivity contribution < 1.29 is 28.7 Å². The van der Waals surface area contributed by atoms with Gasteiger partial charge in [0.2, 0.25) is 0 Å². The molecule has 7 nitrogen and oxygen atoms in total. The third kappa shape index (κ3) is 4.66. The summed E-state index contributed by atoms with van der Waals surface area (Å²) in [5.74, 6) is 0. The maximum absolute atomic E-state index is 10.1. The van der Waals surface area contributed by atoms with Gasteiger partial charge < -0.3 is 19.6 Å². The molecule has 4 N–H and O–H groups in total. The molecule has 0 rings (SSSR count). The van der Waals surface area contributed by atoms with E-state index < -0.39 is 15.5 Å². The second kappa shape index (κ2) is 3.78. The van der Waals surface area contributed by atoms with Crippen molar-refractivity contribution in [1.82, 2.24) is 4.44 Å². The van der Waals surface area contributed by atoms with Gasteiger partial charge in [-0.05, 0) is 0 Å². The van der Waals surface area contributed by atoms with Crippen LogP contribution in [0.2, 0.25) is 0 Å². The van der Waals surface area contributed by atoms with Gasteiger partial charge in [-0.25, -0.2) is 9.13 Å². The van der Waals surface area contributed by atoms with Crippen molar-refractivity contribution in [2.45, 2.75) is 7.43 Å². The Labute approximate surface area is 64.1 Å². The molecule has 70 valence electrons. The average molecular weight is 207 g/mol. The molecule has 0 aliphatic heterocycles. The van der Waals surface area contributed by atoms with Gasteiger partial charge in [-0.15, -0.1) is 4.44 Å². The summed E-state index contributed by atoms with van der Waals surface area (Å²) in [7, 11) is -8.98. The molecule has 0 heterocycles. The molecule has 0 atom stereocenters. The van der Waals surface area contributed by atoms with Crippen LogP contribution in [0.5, 0.6) is 0 Å². The third-order valence-corrected chi connectivity index (χ3v) is 3.66. The zero-order valence-electron chi connectivity index (χ0n) is 4.95. The highest BCUT2D eigenvalue weighted by Crippen LogP contribution is 2.55. The van der Waals surface area contributed by atoms with Gasteiger partial charge in [0.1, 0.15) is 0 Å². The van der Waals surface area contributed by atoms with E-state index in [0.717, 1.165) is 0 Å². The van der Waals surface area contributed by atoms with Gasteiger partial charge >= 0.3 is 15.5 Å². The molecule has 0 saturated heterocycles. The van der Waals surface area contributed by atoms with Crippen LogP contribution >= 0.6 is 15.5 Å². The molecule has 9 heteroatoms. The number of hydrogen-bond donors (Lipinski definition) is 4. The topological polar surface area (TPSA) is 118 Å². The predicted octanol–water partition coefficient (Wildman–Crippen LogP) is -0.260. The van der Waals surface area contributed by atoms with Gasteiger partial charge in [0, 0.05) is 7.05 Å². The van der Waals surface area contributed by atoms with Crippen molar-refractivity contribution in [1.29, 1.82) is 0 Å². The fourth-order valence-electron chi connectivity index (χ4n) is 0.152. The van der Waals surface area contributed by atoms with Crippen molar-refractivity contribution in [2.75, 3.05) is 7.05 Å². The van der Waals surface area contributed by atoms with Crippen LogP contribution in [0.25, 0.3) is 0 Å². The number of rotatable bonds is 2. The quantitative estimate of drug-likeness (QED) is 0.460. The second-order valence-corrected chi connectivity index (χ2v) is 5.08. The maximum Gasteiger partial charge on any atom is 0.412 e. The van der Waals surface area contributed by atoms with Crippen molar-refractivity contribution in [3.05, 3.63) is 0 Å². The summed E-state index contributed by atoms with van der Waals surface area (Å²) >= 11 is 0. The lowest BCUT2D eigenvalue weighted by Crippen LogP contribution is -2.10. The number of hydrogen-bond acceptors (Lipinski definition) is 2. The fraction of sp³-hybridized carbons (Fsp3) is 1.00. The molecule has 0 aromatic carbocycles. The second-order valence-electron chi connectivity index (χ2n) is 1.52. The van der Waals surface area contributed by atoms with E-state index in [9.17, 15) is 9.13 Å². The Morgan fingerprint density at radius 3 is 1.18 bits per heavy atom. The minimum atomic E-state index is -4.81. The summed E-state index contributed by atoms with van der Waals surface area (Å²) in [6.45, 7) is 0. The zero-order chi connectivity index (χ0) is 8.58. The lowest BCUT2D eigenvalue weighted by molar-refractivity contribution is 0.284. The van der Waals surface area contributed by atoms with Crippen molar-refractivity contribution in [3.63, 3.8) is 0 Å². The van der Waals surface area contributed by atoms with Crippen LogP contribution in [0, 0.1) is 0 Å². The van der Waals surface area contributed by atoms with E-state index in [1.54, 1.807) is 0 Å². The maximum atomic E-state index is 10.1. The van der Waals surface area contributed by atoms with Gasteiger partial charge in [0.25, 0.3) is 0 Å². The first-order valence-corrected chi connectivity index (χ1v) is 5.14. The van der Waals surface area contributed by atoms with Crippen molar-refractivity contribution >= 4 is 15.5 Å². The van der Waals surface area contributed by atoms with E-state index in [0.29, 0.717) is 7.05 Å². The normalized spacial score (nSPS) is 12.9. The van der Waals surface area contributed by atoms with Gasteiger partial charge in [0.15, 0.2) is 0 Å². The van der Waals surface area contributed by atoms with Crippen molar-refractivity contribution in [2.24, 2.45) is 0 Å². The molecule has 0 fully saturated rings. The smallest absolute Gasteiger partial charge is 0.312 e. The molecule has 0 bridgehead atoms. The van der Waals surface area contributed by atoms with Crippen LogP contribution in [-0.4, -0.2) is 31.1 Å². The summed E-state index contributed by atoms with van der Waals surface area (Å²) in [6, 6.07) is 0. The molecule has 0 amide bonds. The highest BCUT2D eigenvalue weighted by molar-refractivity contribution is 7.64. The lowest BCUT2D eigenvalue weighted by atomic mass is 11.6. The highest BCUT2D eigenvalue weighted by atomic mass is 31.3. The van der Waals surface area contributed by atoms with E-state index in [2.05, 4.69) is 0 Å². The summed E-state index contributed by atoms with van der Waals surface area (Å²) in [5.41, 5.74) is 0. The van der Waals surface area contributed by atoms with E-state index in [4.69, 9.17) is 19.6 Å². The Bertz CT molecular complexity index is 181. The molecule has 0 saturated carbocycles. The highest BCUT2D eigenvalue weighted by Gasteiger charge is 2.35. The first-order chi connectivity index (χ1) is 4.15. The van der Waals surface area contributed by atoms with Crippen LogP contribution in [0.4, 0.5) is 0 Å². The molecule has 0 aliphatic carbocycles. The SMILES string of the molecule is C.CN(P(=O)(O)O)P(=O)(O)O. The molecular formula is C2H11NO6P2. The minimum Gasteiger partial charge on any atom is -0.312 e. The van der Waals surface area contributed by atoms with Gasteiger partial charge in [-0.3, -0.25) is 0 Å². The summed E-state index contributed by atoms with van der Waals surface area (Å²) in [5, 5.41) is 0. The van der Waals surface area contributed by atoms with Crippen LogP contribution in [0.15, 0.2) is 0 Å². The summed E-state index contributed by atoms with van der Waals surface area (Å²) < 4.78 is 19.9. The molecule has 0 spiro atoms. The molecule has 0 aromatic rings. The van der Waals surface area contributed by atoms with Gasteiger partial charge in [-0.2, -0.15) is 0 Å². The third-order valence-electron chi connectivity index (χ3n) is 0.754. The first-order valence-electron chi connectivity index (χ1n) is 2.01. The Balaban J connectivity index is 0. The van der Waals surface area contributed by atoms with Gasteiger partial charge in [-0.1, -0.05) is 7.43 Å². The first kappa shape index (κ1) is 13.8. The Morgan fingerprint density at radius 1 is 1.00 bits per heavy atom. The standard InChI is InChI=1S/CH7NO6P2.CH4/c1-2(9(3,4)5)10(6,7)8;/h1H3,(H2,3,4,5)(H2,6,7,8);1H4. The van der Waals surface area contributed by atoms with Gasteiger partial charge in [0.05, 0.1) is 0 Å². The summed E-state index contributed by atoms with van der Waals surface area (Å²) in [4.78, 5) is 32.7.